The summed E-state index contributed by atoms with van der Waals surface area (Å²) < 4.78 is 17.9. The van der Waals surface area contributed by atoms with E-state index in [2.05, 4.69) is 4.74 Å². The van der Waals surface area contributed by atoms with Gasteiger partial charge in [-0.3, -0.25) is 4.79 Å². The van der Waals surface area contributed by atoms with Gasteiger partial charge in [-0.2, -0.15) is 0 Å². The molecule has 1 rings (SSSR count). The Balaban J connectivity index is 3.44. The Morgan fingerprint density at radius 1 is 1.24 bits per heavy atom. The van der Waals surface area contributed by atoms with Gasteiger partial charge in [-0.25, -0.2) is 14.0 Å². The Labute approximate surface area is 94.2 Å². The zero-order valence-electron chi connectivity index (χ0n) is 8.56. The van der Waals surface area contributed by atoms with Crippen LogP contribution in [-0.2, 0) is 4.79 Å². The molecule has 1 aromatic rings. The number of methoxy groups -OCH3 is 1. The number of benzene rings is 1. The third-order valence-corrected chi connectivity index (χ3v) is 1.93. The Bertz CT molecular complexity index is 508. The van der Waals surface area contributed by atoms with Gasteiger partial charge in [0.25, 0.3) is 5.78 Å². The average Bonchev–Trinajstić information content (AvgIpc) is 2.26. The van der Waals surface area contributed by atoms with Crippen LogP contribution >= 0.6 is 0 Å². The highest BCUT2D eigenvalue weighted by atomic mass is 19.1. The van der Waals surface area contributed by atoms with E-state index in [-0.39, 0.29) is 0 Å². The number of halogens is 1. The average molecular weight is 242 g/mol. The van der Waals surface area contributed by atoms with Gasteiger partial charge in [0.2, 0.25) is 0 Å². The maximum atomic E-state index is 13.4. The van der Waals surface area contributed by atoms with Gasteiger partial charge >= 0.3 is 11.9 Å². The maximum absolute atomic E-state index is 13.4. The van der Waals surface area contributed by atoms with Crippen molar-refractivity contribution in [3.63, 3.8) is 0 Å². The van der Waals surface area contributed by atoms with Crippen LogP contribution in [0.25, 0.3) is 0 Å². The van der Waals surface area contributed by atoms with Crippen LogP contribution in [0.2, 0.25) is 0 Å². The number of carboxylic acids is 2. The molecule has 7 heteroatoms. The van der Waals surface area contributed by atoms with Gasteiger partial charge in [-0.15, -0.1) is 0 Å². The third-order valence-electron chi connectivity index (χ3n) is 1.93. The molecule has 6 nitrogen and oxygen atoms in total. The fourth-order valence-corrected chi connectivity index (χ4v) is 1.21. The summed E-state index contributed by atoms with van der Waals surface area (Å²) in [4.78, 5) is 32.2. The predicted molar refractivity (Wildman–Crippen MR) is 51.9 cm³/mol. The van der Waals surface area contributed by atoms with Gasteiger partial charge < -0.3 is 14.9 Å². The number of carbonyl (C=O) groups is 3. The van der Waals surface area contributed by atoms with Crippen molar-refractivity contribution in [2.45, 2.75) is 0 Å². The molecule has 0 radical (unpaired) electrons. The SMILES string of the molecule is COc1c(F)cc(C(=O)C(=O)O)cc1C(=O)O. The van der Waals surface area contributed by atoms with E-state index in [1.165, 1.54) is 0 Å². The first-order valence-electron chi connectivity index (χ1n) is 4.27. The molecular weight excluding hydrogens is 235 g/mol. The highest BCUT2D eigenvalue weighted by Crippen LogP contribution is 2.24. The zero-order chi connectivity index (χ0) is 13.2. The minimum absolute atomic E-state index is 0.556. The van der Waals surface area contributed by atoms with E-state index in [4.69, 9.17) is 10.2 Å². The molecule has 0 atom stereocenters. The predicted octanol–water partition coefficient (Wildman–Crippen LogP) is 0.800. The van der Waals surface area contributed by atoms with Gasteiger partial charge in [0.1, 0.15) is 5.56 Å². The van der Waals surface area contributed by atoms with Crippen molar-refractivity contribution in [2.75, 3.05) is 7.11 Å². The van der Waals surface area contributed by atoms with Crippen LogP contribution in [-0.4, -0.2) is 35.0 Å². The minimum atomic E-state index is -1.80. The van der Waals surface area contributed by atoms with Crippen molar-refractivity contribution in [1.82, 2.24) is 0 Å². The topological polar surface area (TPSA) is 101 Å². The fourth-order valence-electron chi connectivity index (χ4n) is 1.21. The number of carbonyl (C=O) groups excluding carboxylic acids is 1. The summed E-state index contributed by atoms with van der Waals surface area (Å²) in [6.45, 7) is 0. The van der Waals surface area contributed by atoms with Gasteiger partial charge in [0.05, 0.1) is 7.11 Å². The fraction of sp³-hybridized carbons (Fsp3) is 0.100. The molecule has 0 unspecified atom stereocenters. The molecule has 90 valence electrons. The molecule has 0 bridgehead atoms. The Morgan fingerprint density at radius 2 is 1.82 bits per heavy atom. The molecule has 0 fully saturated rings. The summed E-state index contributed by atoms with van der Waals surface area (Å²) in [5.74, 6) is -6.39. The molecule has 0 spiro atoms. The number of hydrogen-bond donors (Lipinski definition) is 2. The monoisotopic (exact) mass is 242 g/mol. The highest BCUT2D eigenvalue weighted by molar-refractivity contribution is 6.40. The number of Topliss-reactive ketones (excluding diaryl/α,β-unsaturated/α-hetero) is 1. The van der Waals surface area contributed by atoms with E-state index in [1.807, 2.05) is 0 Å². The second-order valence-corrected chi connectivity index (χ2v) is 2.98. The standard InChI is InChI=1S/C10H7FO6/c1-17-8-5(9(13)14)2-4(3-6(8)11)7(12)10(15)16/h2-3H,1H3,(H,13,14)(H,15,16). The van der Waals surface area contributed by atoms with Crippen LogP contribution in [0, 0.1) is 5.82 Å². The van der Waals surface area contributed by atoms with Crippen molar-refractivity contribution in [2.24, 2.45) is 0 Å². The molecule has 0 aliphatic heterocycles. The van der Waals surface area contributed by atoms with E-state index in [9.17, 15) is 18.8 Å². The number of carboxylic acid groups (broad SMARTS) is 2. The summed E-state index contributed by atoms with van der Waals surface area (Å²) in [5, 5.41) is 17.2. The molecule has 0 amide bonds. The third kappa shape index (κ3) is 2.39. The van der Waals surface area contributed by atoms with Crippen LogP contribution in [0.5, 0.6) is 5.75 Å². The van der Waals surface area contributed by atoms with Gasteiger partial charge in [0, 0.05) is 5.56 Å². The summed E-state index contributed by atoms with van der Waals surface area (Å²) in [6, 6.07) is 1.36. The van der Waals surface area contributed by atoms with Gasteiger partial charge in [-0.05, 0) is 12.1 Å². The van der Waals surface area contributed by atoms with Crippen LogP contribution in [0.3, 0.4) is 0 Å². The van der Waals surface area contributed by atoms with Crippen LogP contribution in [0.4, 0.5) is 4.39 Å². The van der Waals surface area contributed by atoms with Crippen LogP contribution in [0.15, 0.2) is 12.1 Å². The van der Waals surface area contributed by atoms with Gasteiger partial charge in [-0.1, -0.05) is 0 Å². The lowest BCUT2D eigenvalue weighted by atomic mass is 10.1. The summed E-state index contributed by atoms with van der Waals surface area (Å²) in [7, 11) is 1.06. The Hall–Kier alpha value is -2.44. The normalized spacial score (nSPS) is 9.76. The lowest BCUT2D eigenvalue weighted by Crippen LogP contribution is -2.14. The lowest BCUT2D eigenvalue weighted by molar-refractivity contribution is -0.131. The maximum Gasteiger partial charge on any atom is 0.377 e. The molecule has 0 aliphatic carbocycles. The van der Waals surface area contributed by atoms with Crippen LogP contribution < -0.4 is 4.74 Å². The van der Waals surface area contributed by atoms with Crippen molar-refractivity contribution in [1.29, 1.82) is 0 Å². The van der Waals surface area contributed by atoms with E-state index >= 15 is 0 Å². The number of aliphatic carboxylic acids is 1. The molecule has 2 N–H and O–H groups in total. The molecule has 0 saturated carbocycles. The summed E-state index contributed by atoms with van der Waals surface area (Å²) >= 11 is 0. The first kappa shape index (κ1) is 12.6. The molecular formula is C10H7FO6. The molecule has 0 aromatic heterocycles. The molecule has 0 aliphatic rings. The molecule has 1 aromatic carbocycles. The molecule has 17 heavy (non-hydrogen) atoms. The van der Waals surface area contributed by atoms with Crippen molar-refractivity contribution in [3.05, 3.63) is 29.1 Å². The minimum Gasteiger partial charge on any atom is -0.493 e. The first-order chi connectivity index (χ1) is 7.88. The first-order valence-corrected chi connectivity index (χ1v) is 4.27. The highest BCUT2D eigenvalue weighted by Gasteiger charge is 2.22. The van der Waals surface area contributed by atoms with Crippen molar-refractivity contribution < 1.29 is 33.7 Å². The number of rotatable bonds is 4. The number of ether oxygens (including phenoxy) is 1. The molecule has 0 saturated heterocycles. The van der Waals surface area contributed by atoms with E-state index in [0.29, 0.717) is 6.07 Å². The van der Waals surface area contributed by atoms with Gasteiger partial charge in [0.15, 0.2) is 11.6 Å². The van der Waals surface area contributed by atoms with E-state index in [1.54, 1.807) is 0 Å². The smallest absolute Gasteiger partial charge is 0.377 e. The quantitative estimate of drug-likeness (QED) is 0.598. The second kappa shape index (κ2) is 4.60. The van der Waals surface area contributed by atoms with E-state index < -0.39 is 40.4 Å². The second-order valence-electron chi connectivity index (χ2n) is 2.98. The van der Waals surface area contributed by atoms with E-state index in [0.717, 1.165) is 13.2 Å². The number of hydrogen-bond acceptors (Lipinski definition) is 4. The largest absolute Gasteiger partial charge is 0.493 e. The van der Waals surface area contributed by atoms with Crippen LogP contribution in [0.1, 0.15) is 20.7 Å². The number of aromatic carboxylic acids is 1. The van der Waals surface area contributed by atoms with Crippen molar-refractivity contribution >= 4 is 17.7 Å². The van der Waals surface area contributed by atoms with Crippen molar-refractivity contribution in [3.8, 4) is 5.75 Å². The Kier molecular flexibility index (Phi) is 3.42. The zero-order valence-corrected chi connectivity index (χ0v) is 8.56. The lowest BCUT2D eigenvalue weighted by Gasteiger charge is -2.07. The number of ketones is 1. The molecule has 0 heterocycles. The Morgan fingerprint density at radius 3 is 2.24 bits per heavy atom. The summed E-state index contributed by atoms with van der Waals surface area (Å²) in [5.41, 5.74) is -1.18. The summed E-state index contributed by atoms with van der Waals surface area (Å²) in [6.07, 6.45) is 0.